The normalized spacial score (nSPS) is 12.4. The van der Waals surface area contributed by atoms with Crippen LogP contribution in [0.3, 0.4) is 0 Å². The molecule has 0 saturated heterocycles. The Morgan fingerprint density at radius 2 is 2.00 bits per heavy atom. The molecule has 0 spiro atoms. The molecular formula is C11H12N4S. The first kappa shape index (κ1) is 11.0. The Hall–Kier alpha value is -1.46. The van der Waals surface area contributed by atoms with Crippen LogP contribution in [-0.4, -0.2) is 15.0 Å². The van der Waals surface area contributed by atoms with Crippen LogP contribution in [0.5, 0.6) is 0 Å². The fourth-order valence-corrected chi connectivity index (χ4v) is 1.85. The average Bonchev–Trinajstić information content (AvgIpc) is 2.31. The van der Waals surface area contributed by atoms with Gasteiger partial charge in [0.25, 0.3) is 0 Å². The van der Waals surface area contributed by atoms with Gasteiger partial charge in [-0.2, -0.15) is 0 Å². The zero-order valence-corrected chi connectivity index (χ0v) is 9.69. The summed E-state index contributed by atoms with van der Waals surface area (Å²) >= 11 is 1.48. The molecular weight excluding hydrogens is 220 g/mol. The number of rotatable bonds is 3. The van der Waals surface area contributed by atoms with E-state index in [1.165, 1.54) is 11.8 Å². The topological polar surface area (TPSA) is 64.7 Å². The molecule has 2 N–H and O–H groups in total. The number of pyridine rings is 1. The van der Waals surface area contributed by atoms with Crippen molar-refractivity contribution in [3.05, 3.63) is 42.5 Å². The molecule has 5 heteroatoms. The van der Waals surface area contributed by atoms with Gasteiger partial charge in [-0.1, -0.05) is 6.07 Å². The van der Waals surface area contributed by atoms with Gasteiger partial charge in [-0.3, -0.25) is 4.98 Å². The van der Waals surface area contributed by atoms with E-state index in [9.17, 15) is 0 Å². The molecule has 0 aromatic carbocycles. The van der Waals surface area contributed by atoms with Gasteiger partial charge in [0, 0.05) is 24.6 Å². The van der Waals surface area contributed by atoms with Crippen LogP contribution in [0.1, 0.15) is 18.5 Å². The maximum absolute atomic E-state index is 5.75. The molecule has 2 aromatic rings. The third-order valence-electron chi connectivity index (χ3n) is 2.03. The lowest BCUT2D eigenvalue weighted by atomic mass is 10.2. The van der Waals surface area contributed by atoms with Gasteiger partial charge >= 0.3 is 0 Å². The Morgan fingerprint density at radius 3 is 2.56 bits per heavy atom. The highest BCUT2D eigenvalue weighted by Crippen LogP contribution is 2.23. The number of aromatic nitrogens is 3. The van der Waals surface area contributed by atoms with E-state index in [1.807, 2.05) is 19.1 Å². The summed E-state index contributed by atoms with van der Waals surface area (Å²) < 4.78 is 0. The number of nitrogens with zero attached hydrogens (tertiary/aromatic N) is 3. The van der Waals surface area contributed by atoms with Gasteiger partial charge in [0.15, 0.2) is 0 Å². The van der Waals surface area contributed by atoms with Crippen molar-refractivity contribution in [2.24, 2.45) is 5.73 Å². The Bertz CT molecular complexity index is 441. The van der Waals surface area contributed by atoms with Crippen molar-refractivity contribution < 1.29 is 0 Å². The number of nitrogens with two attached hydrogens (primary N) is 1. The third kappa shape index (κ3) is 2.77. The van der Waals surface area contributed by atoms with Crippen LogP contribution in [0, 0.1) is 0 Å². The Balaban J connectivity index is 2.11. The highest BCUT2D eigenvalue weighted by atomic mass is 32.2. The lowest BCUT2D eigenvalue weighted by Crippen LogP contribution is -2.04. The molecule has 16 heavy (non-hydrogen) atoms. The molecule has 2 rings (SSSR count). The van der Waals surface area contributed by atoms with Gasteiger partial charge in [0.2, 0.25) is 0 Å². The molecule has 0 aliphatic heterocycles. The Labute approximate surface area is 98.3 Å². The van der Waals surface area contributed by atoms with Crippen LogP contribution >= 0.6 is 11.8 Å². The van der Waals surface area contributed by atoms with Crippen molar-refractivity contribution in [1.29, 1.82) is 0 Å². The van der Waals surface area contributed by atoms with Crippen molar-refractivity contribution >= 4 is 11.8 Å². The van der Waals surface area contributed by atoms with Crippen LogP contribution in [0.4, 0.5) is 0 Å². The van der Waals surface area contributed by atoms with Crippen molar-refractivity contribution in [1.82, 2.24) is 15.0 Å². The molecule has 4 nitrogen and oxygen atoms in total. The summed E-state index contributed by atoms with van der Waals surface area (Å²) in [5.74, 6) is 0. The van der Waals surface area contributed by atoms with E-state index in [0.29, 0.717) is 0 Å². The maximum Gasteiger partial charge on any atom is 0.121 e. The monoisotopic (exact) mass is 232 g/mol. The first-order chi connectivity index (χ1) is 7.75. The van der Waals surface area contributed by atoms with Gasteiger partial charge in [0.05, 0.1) is 6.20 Å². The second kappa shape index (κ2) is 5.05. The van der Waals surface area contributed by atoms with E-state index < -0.39 is 0 Å². The molecule has 0 amide bonds. The van der Waals surface area contributed by atoms with Gasteiger partial charge in [-0.25, -0.2) is 9.97 Å². The van der Waals surface area contributed by atoms with Crippen molar-refractivity contribution in [2.45, 2.75) is 23.0 Å². The average molecular weight is 232 g/mol. The largest absolute Gasteiger partial charge is 0.324 e. The van der Waals surface area contributed by atoms with Gasteiger partial charge in [0.1, 0.15) is 10.1 Å². The summed E-state index contributed by atoms with van der Waals surface area (Å²) in [4.78, 5) is 12.5. The zero-order chi connectivity index (χ0) is 11.4. The lowest BCUT2D eigenvalue weighted by molar-refractivity contribution is 0.806. The molecule has 0 aliphatic carbocycles. The predicted octanol–water partition coefficient (Wildman–Crippen LogP) is 2.04. The fraction of sp³-hybridized carbons (Fsp3) is 0.182. The number of hydrogen-bond acceptors (Lipinski definition) is 5. The smallest absolute Gasteiger partial charge is 0.121 e. The minimum atomic E-state index is 0.0167. The summed E-state index contributed by atoms with van der Waals surface area (Å²) in [7, 11) is 0. The van der Waals surface area contributed by atoms with E-state index in [0.717, 1.165) is 15.6 Å². The number of hydrogen-bond donors (Lipinski definition) is 1. The molecule has 0 fully saturated rings. The summed E-state index contributed by atoms with van der Waals surface area (Å²) in [5.41, 5.74) is 6.78. The van der Waals surface area contributed by atoms with Crippen molar-refractivity contribution in [3.8, 4) is 0 Å². The first-order valence-electron chi connectivity index (χ1n) is 4.91. The van der Waals surface area contributed by atoms with Crippen LogP contribution < -0.4 is 5.73 Å². The lowest BCUT2D eigenvalue weighted by Gasteiger charge is -2.05. The molecule has 0 radical (unpaired) electrons. The summed E-state index contributed by atoms with van der Waals surface area (Å²) in [5, 5.41) is 1.73. The second-order valence-corrected chi connectivity index (χ2v) is 4.40. The maximum atomic E-state index is 5.75. The van der Waals surface area contributed by atoms with Crippen molar-refractivity contribution in [3.63, 3.8) is 0 Å². The minimum absolute atomic E-state index is 0.0167. The van der Waals surface area contributed by atoms with E-state index >= 15 is 0 Å². The second-order valence-electron chi connectivity index (χ2n) is 3.36. The Morgan fingerprint density at radius 1 is 1.12 bits per heavy atom. The molecule has 0 unspecified atom stereocenters. The molecule has 0 aliphatic rings. The SMILES string of the molecule is C[C@H](N)c1ccc(Sc2cnccn2)nc1. The first-order valence-corrected chi connectivity index (χ1v) is 5.73. The van der Waals surface area contributed by atoms with E-state index in [4.69, 9.17) is 5.73 Å². The molecule has 1 atom stereocenters. The van der Waals surface area contributed by atoms with E-state index in [2.05, 4.69) is 15.0 Å². The molecule has 2 heterocycles. The fourth-order valence-electron chi connectivity index (χ4n) is 1.17. The highest BCUT2D eigenvalue weighted by Gasteiger charge is 2.02. The molecule has 0 bridgehead atoms. The van der Waals surface area contributed by atoms with Crippen LogP contribution in [-0.2, 0) is 0 Å². The van der Waals surface area contributed by atoms with Gasteiger partial charge < -0.3 is 5.73 Å². The van der Waals surface area contributed by atoms with Crippen molar-refractivity contribution in [2.75, 3.05) is 0 Å². The molecule has 82 valence electrons. The quantitative estimate of drug-likeness (QED) is 0.877. The van der Waals surface area contributed by atoms with Gasteiger partial charge in [-0.05, 0) is 30.3 Å². The van der Waals surface area contributed by atoms with E-state index in [-0.39, 0.29) is 6.04 Å². The Kier molecular flexibility index (Phi) is 3.48. The predicted molar refractivity (Wildman–Crippen MR) is 63.0 cm³/mol. The van der Waals surface area contributed by atoms with Crippen LogP contribution in [0.15, 0.2) is 47.0 Å². The summed E-state index contributed by atoms with van der Waals surface area (Å²) in [6, 6.07) is 3.94. The van der Waals surface area contributed by atoms with Gasteiger partial charge in [-0.15, -0.1) is 0 Å². The highest BCUT2D eigenvalue weighted by molar-refractivity contribution is 7.99. The minimum Gasteiger partial charge on any atom is -0.324 e. The zero-order valence-electron chi connectivity index (χ0n) is 8.87. The van der Waals surface area contributed by atoms with Crippen LogP contribution in [0.25, 0.3) is 0 Å². The van der Waals surface area contributed by atoms with Crippen LogP contribution in [0.2, 0.25) is 0 Å². The molecule has 2 aromatic heterocycles. The summed E-state index contributed by atoms with van der Waals surface area (Å²) in [6.45, 7) is 1.94. The standard InChI is InChI=1S/C11H12N4S/c1-8(12)9-2-3-10(15-6-9)16-11-7-13-4-5-14-11/h2-8H,12H2,1H3/t8-/m0/s1. The summed E-state index contributed by atoms with van der Waals surface area (Å²) in [6.07, 6.45) is 6.82. The van der Waals surface area contributed by atoms with E-state index in [1.54, 1.807) is 24.8 Å². The molecule has 0 saturated carbocycles. The third-order valence-corrected chi connectivity index (χ3v) is 2.90.